The van der Waals surface area contributed by atoms with Gasteiger partial charge < -0.3 is 20.5 Å². The second-order valence-corrected chi connectivity index (χ2v) is 4.99. The maximum Gasteiger partial charge on any atom is 0.243 e. The summed E-state index contributed by atoms with van der Waals surface area (Å²) in [5.74, 6) is -2.01. The zero-order valence-corrected chi connectivity index (χ0v) is 13.0. The Hall–Kier alpha value is -3.16. The second-order valence-electron chi connectivity index (χ2n) is 4.99. The summed E-state index contributed by atoms with van der Waals surface area (Å²) in [6, 6.07) is 7.98. The summed E-state index contributed by atoms with van der Waals surface area (Å²) in [4.78, 5) is 33.9. The van der Waals surface area contributed by atoms with Crippen LogP contribution in [0, 0.1) is 5.82 Å². The van der Waals surface area contributed by atoms with Gasteiger partial charge in [-0.05, 0) is 30.3 Å². The van der Waals surface area contributed by atoms with E-state index < -0.39 is 17.6 Å². The molecule has 0 unspecified atom stereocenters. The highest BCUT2D eigenvalue weighted by atomic mass is 19.1. The Bertz CT molecular complexity index is 744. The molecule has 8 heteroatoms. The van der Waals surface area contributed by atoms with Crippen LogP contribution >= 0.6 is 0 Å². The normalized spacial score (nSPS) is 10.1. The van der Waals surface area contributed by atoms with E-state index >= 15 is 0 Å². The fraction of sp³-hybridized carbons (Fsp3) is 0.188. The highest BCUT2D eigenvalue weighted by molar-refractivity contribution is 5.95. The van der Waals surface area contributed by atoms with Crippen molar-refractivity contribution in [3.63, 3.8) is 0 Å². The number of carbonyl (C=O) groups is 3. The molecule has 2 aromatic rings. The fourth-order valence-electron chi connectivity index (χ4n) is 1.92. The topological polar surface area (TPSA) is 92.2 Å². The molecular formula is C16H17FN4O3. The van der Waals surface area contributed by atoms with Crippen molar-refractivity contribution in [1.82, 2.24) is 15.2 Å². The van der Waals surface area contributed by atoms with E-state index in [2.05, 4.69) is 16.0 Å². The molecule has 0 aliphatic heterocycles. The molecule has 0 spiro atoms. The minimum atomic E-state index is -0.580. The number of aromatic nitrogens is 1. The Morgan fingerprint density at radius 2 is 1.71 bits per heavy atom. The quantitative estimate of drug-likeness (QED) is 0.731. The van der Waals surface area contributed by atoms with Gasteiger partial charge in [0.05, 0.1) is 18.8 Å². The maximum absolute atomic E-state index is 13.8. The first-order valence-electron chi connectivity index (χ1n) is 7.19. The monoisotopic (exact) mass is 332 g/mol. The van der Waals surface area contributed by atoms with E-state index in [1.807, 2.05) is 12.1 Å². The van der Waals surface area contributed by atoms with Crippen LogP contribution in [0.2, 0.25) is 0 Å². The van der Waals surface area contributed by atoms with Crippen LogP contribution in [0.25, 0.3) is 5.69 Å². The van der Waals surface area contributed by atoms with Crippen molar-refractivity contribution in [3.8, 4) is 5.69 Å². The number of amides is 3. The number of hydrogen-bond donors (Lipinski definition) is 3. The van der Waals surface area contributed by atoms with Gasteiger partial charge in [0, 0.05) is 25.0 Å². The Balaban J connectivity index is 1.93. The molecule has 7 nitrogen and oxygen atoms in total. The third kappa shape index (κ3) is 4.94. The SMILES string of the molecule is CC(=O)NCC(=O)NCC(=O)Nc1cc(-n2cccc2)ccc1F. The van der Waals surface area contributed by atoms with E-state index in [4.69, 9.17) is 0 Å². The molecule has 2 rings (SSSR count). The van der Waals surface area contributed by atoms with Crippen molar-refractivity contribution in [2.75, 3.05) is 18.4 Å². The van der Waals surface area contributed by atoms with Gasteiger partial charge >= 0.3 is 0 Å². The van der Waals surface area contributed by atoms with Gasteiger partial charge in [-0.3, -0.25) is 14.4 Å². The summed E-state index contributed by atoms with van der Waals surface area (Å²) < 4.78 is 15.6. The van der Waals surface area contributed by atoms with Crippen LogP contribution in [0.4, 0.5) is 10.1 Å². The molecule has 126 valence electrons. The molecule has 0 atom stereocenters. The summed E-state index contributed by atoms with van der Waals surface area (Å²) in [5.41, 5.74) is 0.703. The first kappa shape index (κ1) is 17.2. The molecule has 0 saturated carbocycles. The number of anilines is 1. The fourth-order valence-corrected chi connectivity index (χ4v) is 1.92. The molecule has 24 heavy (non-hydrogen) atoms. The summed E-state index contributed by atoms with van der Waals surface area (Å²) in [6.07, 6.45) is 3.59. The lowest BCUT2D eigenvalue weighted by molar-refractivity contribution is -0.126. The van der Waals surface area contributed by atoms with Gasteiger partial charge in [0.2, 0.25) is 17.7 Å². The van der Waals surface area contributed by atoms with Crippen LogP contribution in [0.1, 0.15) is 6.92 Å². The predicted molar refractivity (Wildman–Crippen MR) is 86.1 cm³/mol. The molecule has 0 radical (unpaired) electrons. The first-order valence-corrected chi connectivity index (χ1v) is 7.19. The smallest absolute Gasteiger partial charge is 0.243 e. The van der Waals surface area contributed by atoms with Gasteiger partial charge in [0.1, 0.15) is 5.82 Å². The highest BCUT2D eigenvalue weighted by Crippen LogP contribution is 2.19. The van der Waals surface area contributed by atoms with Gasteiger partial charge in [-0.15, -0.1) is 0 Å². The van der Waals surface area contributed by atoms with Crippen molar-refractivity contribution >= 4 is 23.4 Å². The lowest BCUT2D eigenvalue weighted by atomic mass is 10.2. The first-order chi connectivity index (χ1) is 11.5. The van der Waals surface area contributed by atoms with Crippen LogP contribution in [-0.2, 0) is 14.4 Å². The van der Waals surface area contributed by atoms with Gasteiger partial charge in [0.25, 0.3) is 0 Å². The molecule has 1 heterocycles. The number of carbonyl (C=O) groups excluding carboxylic acids is 3. The Morgan fingerprint density at radius 3 is 2.38 bits per heavy atom. The number of nitrogens with zero attached hydrogens (tertiary/aromatic N) is 1. The van der Waals surface area contributed by atoms with E-state index in [1.54, 1.807) is 23.0 Å². The molecule has 0 fully saturated rings. The number of hydrogen-bond acceptors (Lipinski definition) is 3. The zero-order chi connectivity index (χ0) is 17.5. The van der Waals surface area contributed by atoms with Crippen molar-refractivity contribution < 1.29 is 18.8 Å². The average molecular weight is 332 g/mol. The molecule has 3 N–H and O–H groups in total. The summed E-state index contributed by atoms with van der Waals surface area (Å²) in [7, 11) is 0. The summed E-state index contributed by atoms with van der Waals surface area (Å²) in [6.45, 7) is 0.728. The number of benzene rings is 1. The van der Waals surface area contributed by atoms with E-state index in [0.717, 1.165) is 0 Å². The number of halogens is 1. The van der Waals surface area contributed by atoms with Crippen LogP contribution in [-0.4, -0.2) is 35.4 Å². The largest absolute Gasteiger partial charge is 0.347 e. The van der Waals surface area contributed by atoms with Gasteiger partial charge in [-0.1, -0.05) is 0 Å². The number of nitrogens with one attached hydrogen (secondary N) is 3. The van der Waals surface area contributed by atoms with Crippen LogP contribution in [0.5, 0.6) is 0 Å². The molecule has 0 bridgehead atoms. The molecule has 0 aliphatic carbocycles. The lowest BCUT2D eigenvalue weighted by Crippen LogP contribution is -2.39. The molecule has 1 aromatic heterocycles. The van der Waals surface area contributed by atoms with E-state index in [9.17, 15) is 18.8 Å². The van der Waals surface area contributed by atoms with Crippen molar-refractivity contribution in [1.29, 1.82) is 0 Å². The Kier molecular flexibility index (Phi) is 5.67. The molecule has 3 amide bonds. The van der Waals surface area contributed by atoms with E-state index in [1.165, 1.54) is 19.1 Å². The second kappa shape index (κ2) is 7.91. The molecule has 0 saturated heterocycles. The standard InChI is InChI=1S/C16H17FN4O3/c1-11(22)18-9-15(23)19-10-16(24)20-14-8-12(4-5-13(14)17)21-6-2-3-7-21/h2-8H,9-10H2,1H3,(H,18,22)(H,19,23)(H,20,24). The van der Waals surface area contributed by atoms with Crippen LogP contribution in [0.15, 0.2) is 42.7 Å². The minimum absolute atomic E-state index is 0.0160. The van der Waals surface area contributed by atoms with Gasteiger partial charge in [-0.25, -0.2) is 4.39 Å². The average Bonchev–Trinajstić information content (AvgIpc) is 3.07. The van der Waals surface area contributed by atoms with Crippen molar-refractivity contribution in [2.24, 2.45) is 0 Å². The van der Waals surface area contributed by atoms with Crippen molar-refractivity contribution in [2.45, 2.75) is 6.92 Å². The summed E-state index contributed by atoms with van der Waals surface area (Å²) >= 11 is 0. The number of rotatable bonds is 6. The van der Waals surface area contributed by atoms with Gasteiger partial charge in [0.15, 0.2) is 0 Å². The van der Waals surface area contributed by atoms with E-state index in [-0.39, 0.29) is 24.7 Å². The summed E-state index contributed by atoms with van der Waals surface area (Å²) in [5, 5.41) is 7.04. The third-order valence-corrected chi connectivity index (χ3v) is 3.07. The highest BCUT2D eigenvalue weighted by Gasteiger charge is 2.10. The third-order valence-electron chi connectivity index (χ3n) is 3.07. The minimum Gasteiger partial charge on any atom is -0.347 e. The predicted octanol–water partition coefficient (Wildman–Crippen LogP) is 0.807. The van der Waals surface area contributed by atoms with Crippen molar-refractivity contribution in [3.05, 3.63) is 48.5 Å². The van der Waals surface area contributed by atoms with Gasteiger partial charge in [-0.2, -0.15) is 0 Å². The molecular weight excluding hydrogens is 315 g/mol. The lowest BCUT2D eigenvalue weighted by Gasteiger charge is -2.10. The van der Waals surface area contributed by atoms with E-state index in [0.29, 0.717) is 5.69 Å². The van der Waals surface area contributed by atoms with Crippen LogP contribution < -0.4 is 16.0 Å². The Morgan fingerprint density at radius 1 is 1.04 bits per heavy atom. The van der Waals surface area contributed by atoms with Crippen LogP contribution in [0.3, 0.4) is 0 Å². The Labute approximate surface area is 137 Å². The molecule has 0 aliphatic rings. The maximum atomic E-state index is 13.8. The zero-order valence-electron chi connectivity index (χ0n) is 13.0. The molecule has 1 aromatic carbocycles.